The summed E-state index contributed by atoms with van der Waals surface area (Å²) in [6, 6.07) is 19.8. The van der Waals surface area contributed by atoms with Crippen molar-refractivity contribution in [2.45, 2.75) is 182 Å². The van der Waals surface area contributed by atoms with Gasteiger partial charge in [0.25, 0.3) is 0 Å². The van der Waals surface area contributed by atoms with Crippen molar-refractivity contribution in [1.82, 2.24) is 19.6 Å². The highest BCUT2D eigenvalue weighted by atomic mass is 35.6. The number of nitrogens with zero attached hydrogens (tertiary/aromatic N) is 4. The van der Waals surface area contributed by atoms with E-state index in [2.05, 4.69) is 154 Å². The van der Waals surface area contributed by atoms with Gasteiger partial charge in [-0.05, 0) is 68.6 Å². The van der Waals surface area contributed by atoms with Crippen LogP contribution >= 0.6 is 11.1 Å². The molecule has 2 aromatic heterocycles. The first kappa shape index (κ1) is 50.2. The molecule has 0 spiro atoms. The molecule has 8 nitrogen and oxygen atoms in total. The number of hydrogen-bond acceptors (Lipinski definition) is 6. The molecular formula is C46H79ClN6O2Si2. The van der Waals surface area contributed by atoms with Gasteiger partial charge in [-0.1, -0.05) is 149 Å². The summed E-state index contributed by atoms with van der Waals surface area (Å²) in [7, 11) is -3.36. The molecule has 0 amide bonds. The normalized spacial score (nSPS) is 12.8. The van der Waals surface area contributed by atoms with Gasteiger partial charge in [0, 0.05) is 23.0 Å². The van der Waals surface area contributed by atoms with Gasteiger partial charge < -0.3 is 21.0 Å². The van der Waals surface area contributed by atoms with Crippen molar-refractivity contribution in [3.8, 4) is 11.4 Å². The molecule has 5 N–H and O–H groups in total. The molecule has 0 saturated carbocycles. The summed E-state index contributed by atoms with van der Waals surface area (Å²) in [5, 5.41) is 18.3. The van der Waals surface area contributed by atoms with Gasteiger partial charge in [0.15, 0.2) is 7.38 Å². The number of aliphatic hydroxyl groups excluding tert-OH is 1. The van der Waals surface area contributed by atoms with Crippen molar-refractivity contribution in [2.75, 3.05) is 11.5 Å². The molecular weight excluding hydrogens is 760 g/mol. The summed E-state index contributed by atoms with van der Waals surface area (Å²) < 4.78 is 10.3. The van der Waals surface area contributed by atoms with Gasteiger partial charge in [0.05, 0.1) is 36.0 Å². The number of aromatic nitrogens is 4. The van der Waals surface area contributed by atoms with E-state index in [1.807, 2.05) is 41.1 Å². The Labute approximate surface area is 354 Å². The molecule has 0 unspecified atom stereocenters. The maximum atomic E-state index is 9.02. The van der Waals surface area contributed by atoms with Crippen LogP contribution in [0.5, 0.6) is 0 Å². The fourth-order valence-electron chi connectivity index (χ4n) is 8.12. The van der Waals surface area contributed by atoms with Crippen molar-refractivity contribution in [2.24, 2.45) is 0 Å². The van der Waals surface area contributed by atoms with E-state index < -0.39 is 15.7 Å². The summed E-state index contributed by atoms with van der Waals surface area (Å²) >= 11 is 6.68. The van der Waals surface area contributed by atoms with E-state index in [0.717, 1.165) is 28.3 Å². The maximum Gasteiger partial charge on any atom is 0.200 e. The SMILES string of the molecule is CC(C)(C)c1cc(N)n(-c2ccc(CO)cc2)n1.CC(C)[Si](Cl)(C(C)C)C(C)C.CC(C)[Si](OCc1ccc(-n2nc(C(C)(C)C)cc2N)cc1)(C(C)C)C(C)C. The van der Waals surface area contributed by atoms with Crippen LogP contribution in [0.15, 0.2) is 60.7 Å². The molecule has 0 aliphatic carbocycles. The number of nitrogen functional groups attached to an aromatic ring is 2. The quantitative estimate of drug-likeness (QED) is 0.0966. The smallest absolute Gasteiger partial charge is 0.200 e. The largest absolute Gasteiger partial charge is 0.412 e. The van der Waals surface area contributed by atoms with Crippen LogP contribution in [0.2, 0.25) is 33.2 Å². The van der Waals surface area contributed by atoms with Crippen LogP contribution in [0, 0.1) is 0 Å². The summed E-state index contributed by atoms with van der Waals surface area (Å²) in [6.07, 6.45) is 0. The average Bonchev–Trinajstić information content (AvgIpc) is 3.71. The third-order valence-electron chi connectivity index (χ3n) is 11.4. The maximum absolute atomic E-state index is 9.02. The van der Waals surface area contributed by atoms with E-state index >= 15 is 0 Å². The molecule has 0 saturated heterocycles. The molecule has 2 heterocycles. The van der Waals surface area contributed by atoms with Crippen LogP contribution in [0.3, 0.4) is 0 Å². The van der Waals surface area contributed by atoms with E-state index in [1.54, 1.807) is 4.68 Å². The van der Waals surface area contributed by atoms with E-state index in [4.69, 9.17) is 37.2 Å². The minimum Gasteiger partial charge on any atom is -0.412 e. The fraction of sp³-hybridized carbons (Fsp3) is 0.609. The Morgan fingerprint density at radius 1 is 0.579 bits per heavy atom. The number of benzene rings is 2. The zero-order valence-electron chi connectivity index (χ0n) is 38.8. The fourth-order valence-corrected chi connectivity index (χ4v) is 17.5. The Morgan fingerprint density at radius 3 is 1.12 bits per heavy atom. The molecule has 0 aliphatic rings. The Kier molecular flexibility index (Phi) is 18.0. The number of nitrogens with two attached hydrogens (primary N) is 2. The van der Waals surface area contributed by atoms with Crippen LogP contribution in [0.1, 0.15) is 147 Å². The van der Waals surface area contributed by atoms with Crippen molar-refractivity contribution in [1.29, 1.82) is 0 Å². The van der Waals surface area contributed by atoms with Gasteiger partial charge in [0.2, 0.25) is 8.32 Å². The monoisotopic (exact) mass is 839 g/mol. The number of halogens is 1. The van der Waals surface area contributed by atoms with Gasteiger partial charge >= 0.3 is 0 Å². The van der Waals surface area contributed by atoms with E-state index in [-0.39, 0.29) is 17.4 Å². The minimum absolute atomic E-state index is 0.0222. The molecule has 0 radical (unpaired) electrons. The lowest BCUT2D eigenvalue weighted by atomic mass is 9.92. The van der Waals surface area contributed by atoms with Gasteiger partial charge in [-0.25, -0.2) is 9.36 Å². The standard InChI is InChI=1S/C23H39N3OSi.C14H19N3O.C9H21ClSi/c1-16(2)28(17(3)4,18(5)6)27-15-19-10-12-20(13-11-19)26-22(24)14-21(25-26)23(7,8)9;1-14(2,3)12-8-13(15)17(16-12)11-6-4-10(9-18)5-7-11;1-7(2)11(10,8(3)4)9(5)6/h10-14,16-18H,15,24H2,1-9H3;4-8,18H,9,15H2,1-3H3;7-9H,1-6H3. The zero-order chi connectivity index (χ0) is 43.8. The molecule has 320 valence electrons. The zero-order valence-corrected chi connectivity index (χ0v) is 41.6. The molecule has 57 heavy (non-hydrogen) atoms. The van der Waals surface area contributed by atoms with Crippen molar-refractivity contribution in [3.05, 3.63) is 83.2 Å². The molecule has 11 heteroatoms. The van der Waals surface area contributed by atoms with Crippen molar-refractivity contribution >= 4 is 38.4 Å². The molecule has 4 aromatic rings. The topological polar surface area (TPSA) is 117 Å². The predicted molar refractivity (Wildman–Crippen MR) is 252 cm³/mol. The number of hydrogen-bond donors (Lipinski definition) is 3. The third kappa shape index (κ3) is 12.6. The second kappa shape index (κ2) is 20.4. The minimum atomic E-state index is -1.85. The third-order valence-corrected chi connectivity index (χ3v) is 26.7. The molecule has 2 aromatic carbocycles. The first-order chi connectivity index (χ1) is 26.1. The summed E-state index contributed by atoms with van der Waals surface area (Å²) in [5.41, 5.74) is 21.9. The number of aliphatic hydroxyl groups is 1. The lowest BCUT2D eigenvalue weighted by Gasteiger charge is -2.42. The van der Waals surface area contributed by atoms with E-state index in [9.17, 15) is 0 Å². The van der Waals surface area contributed by atoms with E-state index in [0.29, 0.717) is 51.5 Å². The Balaban J connectivity index is 0.000000330. The number of rotatable bonds is 12. The van der Waals surface area contributed by atoms with Crippen molar-refractivity contribution < 1.29 is 9.53 Å². The first-order valence-corrected chi connectivity index (χ1v) is 26.4. The first-order valence-electron chi connectivity index (χ1n) is 21.0. The Morgan fingerprint density at radius 2 is 0.895 bits per heavy atom. The highest BCUT2D eigenvalue weighted by Gasteiger charge is 2.45. The van der Waals surface area contributed by atoms with E-state index in [1.165, 1.54) is 5.56 Å². The summed E-state index contributed by atoms with van der Waals surface area (Å²) in [4.78, 5) is 0. The van der Waals surface area contributed by atoms with Gasteiger partial charge in [-0.2, -0.15) is 21.3 Å². The van der Waals surface area contributed by atoms with Crippen LogP contribution in [-0.4, -0.2) is 40.4 Å². The lowest BCUT2D eigenvalue weighted by Crippen LogP contribution is -2.47. The van der Waals surface area contributed by atoms with Gasteiger partial charge in [0.1, 0.15) is 11.6 Å². The number of anilines is 2. The highest BCUT2D eigenvalue weighted by molar-refractivity contribution is 7.22. The second-order valence-electron chi connectivity index (χ2n) is 19.6. The molecule has 0 atom stereocenters. The molecule has 4 rings (SSSR count). The Hall–Kier alpha value is -2.90. The highest BCUT2D eigenvalue weighted by Crippen LogP contribution is 2.44. The lowest BCUT2D eigenvalue weighted by molar-refractivity contribution is 0.266. The summed E-state index contributed by atoms with van der Waals surface area (Å²) in [6.45, 7) is 41.0. The summed E-state index contributed by atoms with van der Waals surface area (Å²) in [5.74, 6) is 1.29. The van der Waals surface area contributed by atoms with Crippen LogP contribution in [0.25, 0.3) is 11.4 Å². The molecule has 0 fully saturated rings. The average molecular weight is 840 g/mol. The van der Waals surface area contributed by atoms with Crippen molar-refractivity contribution in [3.63, 3.8) is 0 Å². The van der Waals surface area contributed by atoms with Gasteiger partial charge in [-0.15, -0.1) is 0 Å². The predicted octanol–water partition coefficient (Wildman–Crippen LogP) is 13.1. The second-order valence-corrected chi connectivity index (χ2v) is 32.2. The van der Waals surface area contributed by atoms with Gasteiger partial charge in [-0.3, -0.25) is 0 Å². The van der Waals surface area contributed by atoms with Crippen LogP contribution < -0.4 is 11.5 Å². The van der Waals surface area contributed by atoms with Crippen LogP contribution in [-0.2, 0) is 28.5 Å². The Bertz CT molecular complexity index is 1750. The van der Waals surface area contributed by atoms with Crippen LogP contribution in [0.4, 0.5) is 11.6 Å². The molecule has 0 bridgehead atoms. The molecule has 0 aliphatic heterocycles.